The summed E-state index contributed by atoms with van der Waals surface area (Å²) in [6.45, 7) is 5.23. The molecule has 0 aromatic carbocycles. The van der Waals surface area contributed by atoms with Gasteiger partial charge in [0.15, 0.2) is 0 Å². The van der Waals surface area contributed by atoms with Crippen LogP contribution in [0.1, 0.15) is 31.7 Å². The van der Waals surface area contributed by atoms with Crippen molar-refractivity contribution in [3.05, 3.63) is 36.0 Å². The Hall–Kier alpha value is -2.26. The lowest BCUT2D eigenvalue weighted by atomic mass is 10.1. The number of carbonyl (C=O) groups excluding carboxylic acids is 2. The van der Waals surface area contributed by atoms with Crippen LogP contribution in [0, 0.1) is 0 Å². The molecule has 1 aromatic heterocycles. The lowest BCUT2D eigenvalue weighted by molar-refractivity contribution is -0.140. The maximum atomic E-state index is 11.7. The third-order valence-corrected chi connectivity index (χ3v) is 5.68. The number of piperidine rings is 1. The lowest BCUT2D eigenvalue weighted by Gasteiger charge is -2.26. The molecule has 1 saturated heterocycles. The number of nitrogens with one attached hydrogen (secondary N) is 1. The number of pyridine rings is 1. The summed E-state index contributed by atoms with van der Waals surface area (Å²) in [6.07, 6.45) is 9.19. The van der Waals surface area contributed by atoms with Crippen LogP contribution in [0.3, 0.4) is 0 Å². The van der Waals surface area contributed by atoms with Gasteiger partial charge in [-0.2, -0.15) is 0 Å². The molecule has 1 atom stereocenters. The predicted molar refractivity (Wildman–Crippen MR) is 116 cm³/mol. The maximum Gasteiger partial charge on any atom is 0.302 e. The van der Waals surface area contributed by atoms with E-state index in [1.807, 2.05) is 12.1 Å². The van der Waals surface area contributed by atoms with Gasteiger partial charge in [-0.3, -0.25) is 18.7 Å². The largest absolute Gasteiger partial charge is 0.473 e. The average Bonchev–Trinajstić information content (AvgIpc) is 2.71. The van der Waals surface area contributed by atoms with E-state index in [2.05, 4.69) is 15.2 Å². The van der Waals surface area contributed by atoms with Crippen LogP contribution >= 0.6 is 0 Å². The summed E-state index contributed by atoms with van der Waals surface area (Å²) in [4.78, 5) is 29.0. The van der Waals surface area contributed by atoms with Crippen LogP contribution in [0.5, 0.6) is 5.88 Å². The number of hydrogen-bond acceptors (Lipinski definition) is 7. The van der Waals surface area contributed by atoms with E-state index < -0.39 is 16.8 Å². The molecule has 30 heavy (non-hydrogen) atoms. The Labute approximate surface area is 180 Å². The van der Waals surface area contributed by atoms with Crippen LogP contribution < -0.4 is 10.1 Å². The van der Waals surface area contributed by atoms with Crippen molar-refractivity contribution in [3.63, 3.8) is 0 Å². The van der Waals surface area contributed by atoms with Crippen molar-refractivity contribution in [2.24, 2.45) is 0 Å². The normalized spacial score (nSPS) is 15.6. The van der Waals surface area contributed by atoms with Crippen LogP contribution in [-0.2, 0) is 31.7 Å². The average molecular weight is 438 g/mol. The molecule has 2 heterocycles. The van der Waals surface area contributed by atoms with Gasteiger partial charge >= 0.3 is 5.97 Å². The lowest BCUT2D eigenvalue weighted by Crippen LogP contribution is -2.29. The minimum Gasteiger partial charge on any atom is -0.473 e. The number of nitrogens with zero attached hydrogens (tertiary/aromatic N) is 2. The first-order valence-electron chi connectivity index (χ1n) is 10.2. The molecule has 1 amide bonds. The predicted octanol–water partition coefficient (Wildman–Crippen LogP) is 1.43. The molecule has 9 heteroatoms. The highest BCUT2D eigenvalue weighted by molar-refractivity contribution is 7.85. The van der Waals surface area contributed by atoms with Crippen molar-refractivity contribution in [2.45, 2.75) is 32.7 Å². The fraction of sp³-hybridized carbons (Fsp3) is 0.571. The summed E-state index contributed by atoms with van der Waals surface area (Å²) in [5.74, 6) is -0.109. The van der Waals surface area contributed by atoms with Crippen molar-refractivity contribution in [2.75, 3.05) is 44.4 Å². The van der Waals surface area contributed by atoms with E-state index in [9.17, 15) is 13.8 Å². The smallest absolute Gasteiger partial charge is 0.302 e. The summed E-state index contributed by atoms with van der Waals surface area (Å²) in [5, 5.41) is 2.66. The van der Waals surface area contributed by atoms with E-state index in [0.717, 1.165) is 19.6 Å². The second-order valence-corrected chi connectivity index (χ2v) is 8.63. The Morgan fingerprint density at radius 1 is 1.27 bits per heavy atom. The van der Waals surface area contributed by atoms with Gasteiger partial charge in [-0.1, -0.05) is 12.5 Å². The minimum absolute atomic E-state index is 0.0553. The second-order valence-electron chi connectivity index (χ2n) is 7.05. The number of aromatic nitrogens is 1. The first-order chi connectivity index (χ1) is 14.5. The molecule has 1 fully saturated rings. The van der Waals surface area contributed by atoms with Crippen molar-refractivity contribution in [3.8, 4) is 5.88 Å². The quantitative estimate of drug-likeness (QED) is 0.390. The number of ether oxygens (including phenoxy) is 2. The maximum absolute atomic E-state index is 11.7. The molecule has 0 saturated carbocycles. The Morgan fingerprint density at radius 2 is 2.07 bits per heavy atom. The van der Waals surface area contributed by atoms with Crippen molar-refractivity contribution >= 4 is 22.7 Å². The molecule has 0 spiro atoms. The van der Waals surface area contributed by atoms with Gasteiger partial charge in [-0.25, -0.2) is 4.98 Å². The molecule has 1 aliphatic heterocycles. The molecule has 1 aliphatic rings. The highest BCUT2D eigenvalue weighted by atomic mass is 32.2. The van der Waals surface area contributed by atoms with E-state index in [0.29, 0.717) is 19.0 Å². The molecular weight excluding hydrogens is 406 g/mol. The number of likely N-dealkylation sites (tertiary alicyclic amines) is 1. The van der Waals surface area contributed by atoms with E-state index in [1.54, 1.807) is 18.3 Å². The first kappa shape index (κ1) is 24.0. The Kier molecular flexibility index (Phi) is 11.1. The minimum atomic E-state index is -1.36. The van der Waals surface area contributed by atoms with E-state index in [-0.39, 0.29) is 24.0 Å². The summed E-state index contributed by atoms with van der Waals surface area (Å²) < 4.78 is 22.0. The number of amides is 1. The van der Waals surface area contributed by atoms with Crippen LogP contribution in [0.25, 0.3) is 0 Å². The van der Waals surface area contributed by atoms with Crippen molar-refractivity contribution < 1.29 is 23.3 Å². The first-order valence-corrected chi connectivity index (χ1v) is 11.7. The van der Waals surface area contributed by atoms with Gasteiger partial charge < -0.3 is 14.8 Å². The zero-order valence-electron chi connectivity index (χ0n) is 17.5. The number of esters is 1. The molecule has 0 bridgehead atoms. The second kappa shape index (κ2) is 13.9. The van der Waals surface area contributed by atoms with E-state index in [1.165, 1.54) is 31.7 Å². The molecule has 0 aliphatic carbocycles. The van der Waals surface area contributed by atoms with Crippen molar-refractivity contribution in [1.82, 2.24) is 15.2 Å². The zero-order valence-corrected chi connectivity index (χ0v) is 18.3. The summed E-state index contributed by atoms with van der Waals surface area (Å²) in [7, 11) is -1.36. The highest BCUT2D eigenvalue weighted by Crippen LogP contribution is 2.15. The summed E-state index contributed by atoms with van der Waals surface area (Å²) in [5.41, 5.74) is 1.19. The third-order valence-electron chi connectivity index (χ3n) is 4.47. The molecular formula is C21H31N3O5S. The molecule has 1 aromatic rings. The van der Waals surface area contributed by atoms with Gasteiger partial charge in [-0.15, -0.1) is 0 Å². The molecule has 1 N–H and O–H groups in total. The van der Waals surface area contributed by atoms with Crippen LogP contribution in [0.4, 0.5) is 0 Å². The third kappa shape index (κ3) is 10.5. The Morgan fingerprint density at radius 3 is 2.83 bits per heavy atom. The Bertz CT molecular complexity index is 735. The monoisotopic (exact) mass is 437 g/mol. The van der Waals surface area contributed by atoms with Gasteiger partial charge in [0.1, 0.15) is 19.0 Å². The van der Waals surface area contributed by atoms with Crippen LogP contribution in [0.2, 0.25) is 0 Å². The van der Waals surface area contributed by atoms with Gasteiger partial charge in [0, 0.05) is 43.1 Å². The molecule has 0 radical (unpaired) electrons. The van der Waals surface area contributed by atoms with Gasteiger partial charge in [0.05, 0.1) is 5.75 Å². The van der Waals surface area contributed by atoms with Crippen molar-refractivity contribution in [1.29, 1.82) is 0 Å². The highest BCUT2D eigenvalue weighted by Gasteiger charge is 2.11. The van der Waals surface area contributed by atoms with Gasteiger partial charge in [0.25, 0.3) is 0 Å². The standard InChI is InChI=1S/C21H31N3O5S/c1-18(25)28-13-14-30(27)17-20(26)22-8-3-6-12-29-21-15-19(7-9-23-21)16-24-10-4-2-5-11-24/h3,6-7,9,15H,2,4-5,8,10-14,16-17H2,1H3,(H,22,26). The van der Waals surface area contributed by atoms with Crippen LogP contribution in [0.15, 0.2) is 30.5 Å². The van der Waals surface area contributed by atoms with Crippen LogP contribution in [-0.4, -0.2) is 70.3 Å². The fourth-order valence-electron chi connectivity index (χ4n) is 3.01. The molecule has 1 unspecified atom stereocenters. The fourth-order valence-corrected chi connectivity index (χ4v) is 3.82. The zero-order chi connectivity index (χ0) is 21.6. The Balaban J connectivity index is 1.59. The number of rotatable bonds is 12. The number of hydrogen-bond donors (Lipinski definition) is 1. The summed E-state index contributed by atoms with van der Waals surface area (Å²) in [6, 6.07) is 3.98. The topological polar surface area (TPSA) is 97.8 Å². The van der Waals surface area contributed by atoms with E-state index >= 15 is 0 Å². The molecule has 166 valence electrons. The molecule has 2 rings (SSSR count). The molecule has 8 nitrogen and oxygen atoms in total. The number of carbonyl (C=O) groups is 2. The SMILES string of the molecule is CC(=O)OCCS(=O)CC(=O)NCC=CCOc1cc(CN2CCCCC2)ccn1. The van der Waals surface area contributed by atoms with Gasteiger partial charge in [0.2, 0.25) is 11.8 Å². The summed E-state index contributed by atoms with van der Waals surface area (Å²) >= 11 is 0. The van der Waals surface area contributed by atoms with E-state index in [4.69, 9.17) is 9.47 Å². The van der Waals surface area contributed by atoms with Gasteiger partial charge in [-0.05, 0) is 43.6 Å².